The van der Waals surface area contributed by atoms with Crippen LogP contribution in [0.3, 0.4) is 0 Å². The SMILES string of the molecule is CCOC(=O)c1cc(Cc2ccccc2)sc1NC(=S)n1cc(C)cn1. The molecule has 0 aliphatic carbocycles. The number of nitrogens with zero attached hydrogens (tertiary/aromatic N) is 2. The number of hydrogen-bond donors (Lipinski definition) is 1. The van der Waals surface area contributed by atoms with Crippen molar-refractivity contribution in [3.8, 4) is 0 Å². The van der Waals surface area contributed by atoms with E-state index >= 15 is 0 Å². The fourth-order valence-electron chi connectivity index (χ4n) is 2.46. The van der Waals surface area contributed by atoms with Crippen molar-refractivity contribution < 1.29 is 9.53 Å². The van der Waals surface area contributed by atoms with Gasteiger partial charge in [0.05, 0.1) is 18.4 Å². The smallest absolute Gasteiger partial charge is 0.341 e. The van der Waals surface area contributed by atoms with Crippen molar-refractivity contribution in [2.45, 2.75) is 20.3 Å². The Bertz CT molecular complexity index is 916. The highest BCUT2D eigenvalue weighted by Gasteiger charge is 2.19. The van der Waals surface area contributed by atoms with Crippen LogP contribution in [0.5, 0.6) is 0 Å². The maximum absolute atomic E-state index is 12.3. The fraction of sp³-hybridized carbons (Fsp3) is 0.211. The molecule has 26 heavy (non-hydrogen) atoms. The number of esters is 1. The van der Waals surface area contributed by atoms with Gasteiger partial charge in [-0.2, -0.15) is 5.10 Å². The van der Waals surface area contributed by atoms with Gasteiger partial charge in [-0.3, -0.25) is 0 Å². The van der Waals surface area contributed by atoms with E-state index in [1.54, 1.807) is 17.8 Å². The lowest BCUT2D eigenvalue weighted by Crippen LogP contribution is -2.20. The molecule has 0 aliphatic rings. The van der Waals surface area contributed by atoms with Crippen LogP contribution in [0, 0.1) is 6.92 Å². The third kappa shape index (κ3) is 4.36. The number of nitrogens with one attached hydrogen (secondary N) is 1. The first-order valence-electron chi connectivity index (χ1n) is 8.23. The Morgan fingerprint density at radius 3 is 2.77 bits per heavy atom. The van der Waals surface area contributed by atoms with Gasteiger partial charge in [0.25, 0.3) is 0 Å². The van der Waals surface area contributed by atoms with Gasteiger partial charge in [-0.1, -0.05) is 30.3 Å². The molecule has 2 aromatic heterocycles. The third-order valence-electron chi connectivity index (χ3n) is 3.64. The van der Waals surface area contributed by atoms with E-state index in [9.17, 15) is 4.79 Å². The van der Waals surface area contributed by atoms with Gasteiger partial charge in [-0.25, -0.2) is 9.48 Å². The number of thiophene rings is 1. The van der Waals surface area contributed by atoms with Crippen LogP contribution in [-0.2, 0) is 11.2 Å². The first kappa shape index (κ1) is 18.3. The van der Waals surface area contributed by atoms with Crippen molar-refractivity contribution in [3.63, 3.8) is 0 Å². The first-order chi connectivity index (χ1) is 12.6. The number of benzene rings is 1. The number of aryl methyl sites for hydroxylation is 1. The van der Waals surface area contributed by atoms with Crippen molar-refractivity contribution in [2.75, 3.05) is 11.9 Å². The van der Waals surface area contributed by atoms with Crippen LogP contribution in [0.2, 0.25) is 0 Å². The normalized spacial score (nSPS) is 10.5. The van der Waals surface area contributed by atoms with E-state index in [1.807, 2.05) is 37.4 Å². The summed E-state index contributed by atoms with van der Waals surface area (Å²) in [4.78, 5) is 13.4. The Balaban J connectivity index is 1.86. The molecule has 0 saturated carbocycles. The van der Waals surface area contributed by atoms with Gasteiger partial charge in [0, 0.05) is 17.5 Å². The summed E-state index contributed by atoms with van der Waals surface area (Å²) < 4.78 is 6.77. The highest BCUT2D eigenvalue weighted by molar-refractivity contribution is 7.80. The van der Waals surface area contributed by atoms with Gasteiger partial charge in [-0.05, 0) is 43.3 Å². The Labute approximate surface area is 161 Å². The monoisotopic (exact) mass is 385 g/mol. The summed E-state index contributed by atoms with van der Waals surface area (Å²) in [5.74, 6) is -0.356. The molecule has 134 valence electrons. The van der Waals surface area contributed by atoms with E-state index in [2.05, 4.69) is 22.5 Å². The predicted octanol–water partition coefficient (Wildman–Crippen LogP) is 4.27. The zero-order valence-corrected chi connectivity index (χ0v) is 16.2. The Hall–Kier alpha value is -2.51. The highest BCUT2D eigenvalue weighted by Crippen LogP contribution is 2.30. The minimum absolute atomic E-state index is 0.324. The minimum atomic E-state index is -0.356. The molecule has 7 heteroatoms. The number of anilines is 1. The molecule has 0 aliphatic heterocycles. The van der Waals surface area contributed by atoms with Crippen LogP contribution in [-0.4, -0.2) is 27.5 Å². The molecule has 5 nitrogen and oxygen atoms in total. The molecule has 3 aromatic rings. The second-order valence-corrected chi connectivity index (χ2v) is 7.25. The fourth-order valence-corrected chi connectivity index (χ4v) is 3.80. The molecular formula is C19H19N3O2S2. The number of ether oxygens (including phenoxy) is 1. The third-order valence-corrected chi connectivity index (χ3v) is 4.98. The van der Waals surface area contributed by atoms with Crippen molar-refractivity contribution in [3.05, 3.63) is 70.4 Å². The molecule has 0 atom stereocenters. The summed E-state index contributed by atoms with van der Waals surface area (Å²) >= 11 is 6.91. The molecule has 0 bridgehead atoms. The summed E-state index contributed by atoms with van der Waals surface area (Å²) in [6, 6.07) is 12.0. The van der Waals surface area contributed by atoms with Crippen molar-refractivity contribution >= 4 is 39.6 Å². The molecule has 1 aromatic carbocycles. The van der Waals surface area contributed by atoms with Crippen molar-refractivity contribution in [1.82, 2.24) is 9.78 Å². The van der Waals surface area contributed by atoms with Crippen LogP contribution >= 0.6 is 23.6 Å². The number of carbonyl (C=O) groups is 1. The van der Waals surface area contributed by atoms with E-state index in [0.29, 0.717) is 22.3 Å². The van der Waals surface area contributed by atoms with E-state index in [1.165, 1.54) is 16.9 Å². The van der Waals surface area contributed by atoms with Crippen LogP contribution in [0.4, 0.5) is 5.00 Å². The molecule has 2 heterocycles. The van der Waals surface area contributed by atoms with Crippen molar-refractivity contribution in [1.29, 1.82) is 0 Å². The molecule has 0 amide bonds. The number of thiocarbonyl (C=S) groups is 1. The summed E-state index contributed by atoms with van der Waals surface area (Å²) in [5, 5.41) is 8.42. The van der Waals surface area contributed by atoms with Crippen LogP contribution in [0.1, 0.15) is 33.3 Å². The van der Waals surface area contributed by atoms with Crippen LogP contribution in [0.25, 0.3) is 0 Å². The standard InChI is InChI=1S/C19H19N3O2S2/c1-3-24-18(23)16-10-15(9-14-7-5-4-6-8-14)26-17(16)21-19(25)22-12-13(2)11-20-22/h4-8,10-12H,3,9H2,1-2H3,(H,21,25). The van der Waals surface area contributed by atoms with E-state index in [4.69, 9.17) is 17.0 Å². The van der Waals surface area contributed by atoms with E-state index in [0.717, 1.165) is 16.9 Å². The average molecular weight is 386 g/mol. The summed E-state index contributed by atoms with van der Waals surface area (Å²) in [5.41, 5.74) is 2.69. The van der Waals surface area contributed by atoms with Gasteiger partial charge < -0.3 is 10.1 Å². The van der Waals surface area contributed by atoms with Crippen LogP contribution in [0.15, 0.2) is 48.8 Å². The van der Waals surface area contributed by atoms with Gasteiger partial charge in [0.2, 0.25) is 0 Å². The Morgan fingerprint density at radius 2 is 2.12 bits per heavy atom. The molecule has 0 radical (unpaired) electrons. The molecule has 0 spiro atoms. The molecular weight excluding hydrogens is 366 g/mol. The minimum Gasteiger partial charge on any atom is -0.462 e. The maximum Gasteiger partial charge on any atom is 0.341 e. The highest BCUT2D eigenvalue weighted by atomic mass is 32.1. The van der Waals surface area contributed by atoms with Gasteiger partial charge in [0.1, 0.15) is 5.00 Å². The second-order valence-electron chi connectivity index (χ2n) is 5.73. The quantitative estimate of drug-likeness (QED) is 0.525. The van der Waals surface area contributed by atoms with Gasteiger partial charge in [-0.15, -0.1) is 11.3 Å². The summed E-state index contributed by atoms with van der Waals surface area (Å²) in [6.45, 7) is 4.06. The lowest BCUT2D eigenvalue weighted by Gasteiger charge is -2.08. The maximum atomic E-state index is 12.3. The lowest BCUT2D eigenvalue weighted by molar-refractivity contribution is 0.0528. The average Bonchev–Trinajstić information content (AvgIpc) is 3.22. The number of rotatable bonds is 5. The number of carbonyl (C=O) groups excluding carboxylic acids is 1. The zero-order chi connectivity index (χ0) is 18.5. The van der Waals surface area contributed by atoms with E-state index in [-0.39, 0.29) is 5.97 Å². The predicted molar refractivity (Wildman–Crippen MR) is 108 cm³/mol. The molecule has 3 rings (SSSR count). The topological polar surface area (TPSA) is 56.1 Å². The molecule has 1 N–H and O–H groups in total. The van der Waals surface area contributed by atoms with Gasteiger partial charge in [0.15, 0.2) is 5.11 Å². The van der Waals surface area contributed by atoms with Crippen LogP contribution < -0.4 is 5.32 Å². The second kappa shape index (κ2) is 8.25. The Morgan fingerprint density at radius 1 is 1.35 bits per heavy atom. The summed E-state index contributed by atoms with van der Waals surface area (Å²) in [6.07, 6.45) is 4.31. The molecule has 0 fully saturated rings. The molecule has 0 unspecified atom stereocenters. The largest absolute Gasteiger partial charge is 0.462 e. The van der Waals surface area contributed by atoms with E-state index < -0.39 is 0 Å². The summed E-state index contributed by atoms with van der Waals surface area (Å²) in [7, 11) is 0. The number of aromatic nitrogens is 2. The Kier molecular flexibility index (Phi) is 5.80. The van der Waals surface area contributed by atoms with Gasteiger partial charge >= 0.3 is 5.97 Å². The zero-order valence-electron chi connectivity index (χ0n) is 14.6. The number of hydrogen-bond acceptors (Lipinski definition) is 5. The molecule has 0 saturated heterocycles. The lowest BCUT2D eigenvalue weighted by atomic mass is 10.1. The first-order valence-corrected chi connectivity index (χ1v) is 9.45. The van der Waals surface area contributed by atoms with Crippen molar-refractivity contribution in [2.24, 2.45) is 0 Å².